The number of nitrogens with two attached hydrogens (primary N) is 1. The summed E-state index contributed by atoms with van der Waals surface area (Å²) in [5.41, 5.74) is 9.39. The number of rotatable bonds is 4. The molecule has 1 aromatic heterocycles. The first kappa shape index (κ1) is 14.1. The number of nitrogens with zero attached hydrogens (tertiary/aromatic N) is 1. The maximum Gasteiger partial charge on any atom is 0.112 e. The Hall–Kier alpha value is -1.35. The van der Waals surface area contributed by atoms with Crippen molar-refractivity contribution in [2.24, 2.45) is 11.1 Å². The van der Waals surface area contributed by atoms with Crippen LogP contribution in [0.5, 0.6) is 0 Å². The van der Waals surface area contributed by atoms with Gasteiger partial charge in [-0.3, -0.25) is 0 Å². The summed E-state index contributed by atoms with van der Waals surface area (Å²) >= 11 is 0. The van der Waals surface area contributed by atoms with Gasteiger partial charge in [0.1, 0.15) is 5.82 Å². The number of benzene rings is 1. The lowest BCUT2D eigenvalue weighted by atomic mass is 9.74. The quantitative estimate of drug-likeness (QED) is 0.882. The molecule has 1 aromatic carbocycles. The molecule has 0 unspecified atom stereocenters. The first-order valence-corrected chi connectivity index (χ1v) is 6.90. The van der Waals surface area contributed by atoms with E-state index in [9.17, 15) is 0 Å². The first-order chi connectivity index (χ1) is 8.73. The Labute approximate surface area is 115 Å². The zero-order valence-corrected chi connectivity index (χ0v) is 12.7. The molecule has 2 rings (SSSR count). The fraction of sp³-hybridized carbons (Fsp3) is 0.562. The second-order valence-electron chi connectivity index (χ2n) is 7.04. The number of aromatic nitrogens is 2. The summed E-state index contributed by atoms with van der Waals surface area (Å²) in [6.45, 7) is 11.7. The number of aryl methyl sites for hydroxylation is 1. The molecule has 0 radical (unpaired) electrons. The zero-order chi connectivity index (χ0) is 14.3. The number of imidazole rings is 1. The molecule has 0 fully saturated rings. The Morgan fingerprint density at radius 2 is 1.89 bits per heavy atom. The average molecular weight is 259 g/mol. The largest absolute Gasteiger partial charge is 0.342 e. The molecule has 0 amide bonds. The lowest BCUT2D eigenvalue weighted by Gasteiger charge is -2.32. The van der Waals surface area contributed by atoms with Crippen LogP contribution in [0.15, 0.2) is 18.2 Å². The third-order valence-electron chi connectivity index (χ3n) is 3.75. The maximum absolute atomic E-state index is 5.86. The highest BCUT2D eigenvalue weighted by Crippen LogP contribution is 2.35. The van der Waals surface area contributed by atoms with E-state index in [0.29, 0.717) is 6.54 Å². The van der Waals surface area contributed by atoms with Gasteiger partial charge in [0.25, 0.3) is 0 Å². The van der Waals surface area contributed by atoms with Gasteiger partial charge in [0.15, 0.2) is 0 Å². The number of nitrogens with one attached hydrogen (secondary N) is 1. The Bertz CT molecular complexity index is 579. The van der Waals surface area contributed by atoms with Crippen molar-refractivity contribution in [2.75, 3.05) is 6.54 Å². The van der Waals surface area contributed by atoms with Gasteiger partial charge in [0.2, 0.25) is 0 Å². The van der Waals surface area contributed by atoms with Crippen LogP contribution in [0.2, 0.25) is 0 Å². The number of fused-ring (bicyclic) bond motifs is 1. The van der Waals surface area contributed by atoms with Crippen molar-refractivity contribution >= 4 is 11.0 Å². The van der Waals surface area contributed by atoms with Gasteiger partial charge in [-0.1, -0.05) is 33.8 Å². The minimum atomic E-state index is -0.00417. The molecule has 0 saturated heterocycles. The van der Waals surface area contributed by atoms with Crippen molar-refractivity contribution in [2.45, 2.75) is 46.5 Å². The molecule has 19 heavy (non-hydrogen) atoms. The Kier molecular flexibility index (Phi) is 3.43. The fourth-order valence-corrected chi connectivity index (χ4v) is 2.80. The van der Waals surface area contributed by atoms with Crippen LogP contribution in [0.4, 0.5) is 0 Å². The number of hydrogen-bond donors (Lipinski definition) is 2. The summed E-state index contributed by atoms with van der Waals surface area (Å²) in [7, 11) is 0. The van der Waals surface area contributed by atoms with Gasteiger partial charge in [-0.05, 0) is 43.0 Å². The summed E-state index contributed by atoms with van der Waals surface area (Å²) in [6.07, 6.45) is 1.01. The normalized spacial score (nSPS) is 13.2. The molecular weight excluding hydrogens is 234 g/mol. The fourth-order valence-electron chi connectivity index (χ4n) is 2.80. The Morgan fingerprint density at radius 1 is 1.21 bits per heavy atom. The van der Waals surface area contributed by atoms with E-state index < -0.39 is 0 Å². The third kappa shape index (κ3) is 2.98. The average Bonchev–Trinajstić information content (AvgIpc) is 2.71. The second-order valence-corrected chi connectivity index (χ2v) is 7.04. The lowest BCUT2D eigenvalue weighted by molar-refractivity contribution is 0.259. The van der Waals surface area contributed by atoms with E-state index in [1.165, 1.54) is 5.56 Å². The first-order valence-electron chi connectivity index (χ1n) is 6.90. The molecule has 0 aliphatic rings. The molecule has 3 nitrogen and oxygen atoms in total. The molecule has 104 valence electrons. The predicted octanol–water partition coefficient (Wildman–Crippen LogP) is 3.52. The van der Waals surface area contributed by atoms with Gasteiger partial charge >= 0.3 is 0 Å². The van der Waals surface area contributed by atoms with Crippen LogP contribution in [-0.2, 0) is 5.41 Å². The van der Waals surface area contributed by atoms with Crippen molar-refractivity contribution in [3.8, 4) is 0 Å². The van der Waals surface area contributed by atoms with Crippen LogP contribution < -0.4 is 5.73 Å². The molecule has 0 aliphatic heterocycles. The molecule has 0 bridgehead atoms. The van der Waals surface area contributed by atoms with Crippen LogP contribution in [0, 0.1) is 12.3 Å². The van der Waals surface area contributed by atoms with Gasteiger partial charge in [0, 0.05) is 5.41 Å². The van der Waals surface area contributed by atoms with Gasteiger partial charge < -0.3 is 10.7 Å². The zero-order valence-electron chi connectivity index (χ0n) is 12.7. The van der Waals surface area contributed by atoms with E-state index in [-0.39, 0.29) is 10.8 Å². The summed E-state index contributed by atoms with van der Waals surface area (Å²) in [5, 5.41) is 0. The minimum Gasteiger partial charge on any atom is -0.342 e. The van der Waals surface area contributed by atoms with E-state index in [0.717, 1.165) is 23.3 Å². The molecule has 0 saturated carbocycles. The molecule has 2 aromatic rings. The smallest absolute Gasteiger partial charge is 0.112 e. The highest BCUT2D eigenvalue weighted by molar-refractivity contribution is 5.76. The summed E-state index contributed by atoms with van der Waals surface area (Å²) < 4.78 is 0. The Balaban J connectivity index is 2.37. The van der Waals surface area contributed by atoms with Crippen molar-refractivity contribution in [1.82, 2.24) is 9.97 Å². The van der Waals surface area contributed by atoms with Gasteiger partial charge in [0.05, 0.1) is 11.0 Å². The minimum absolute atomic E-state index is 0.00417. The number of aromatic amines is 1. The van der Waals surface area contributed by atoms with Crippen LogP contribution in [0.25, 0.3) is 11.0 Å². The van der Waals surface area contributed by atoms with Crippen LogP contribution in [0.1, 0.15) is 45.5 Å². The number of H-pyrrole nitrogens is 1. The molecular formula is C16H25N3. The predicted molar refractivity (Wildman–Crippen MR) is 81.3 cm³/mol. The van der Waals surface area contributed by atoms with Gasteiger partial charge in [-0.25, -0.2) is 4.98 Å². The van der Waals surface area contributed by atoms with E-state index in [1.54, 1.807) is 0 Å². The lowest BCUT2D eigenvalue weighted by Crippen LogP contribution is -2.33. The monoisotopic (exact) mass is 259 g/mol. The van der Waals surface area contributed by atoms with Crippen molar-refractivity contribution in [1.29, 1.82) is 0 Å². The van der Waals surface area contributed by atoms with E-state index in [1.807, 2.05) is 0 Å². The molecule has 0 atom stereocenters. The topological polar surface area (TPSA) is 54.7 Å². The Morgan fingerprint density at radius 3 is 2.53 bits per heavy atom. The van der Waals surface area contributed by atoms with E-state index in [2.05, 4.69) is 57.8 Å². The summed E-state index contributed by atoms with van der Waals surface area (Å²) in [4.78, 5) is 8.22. The molecule has 1 heterocycles. The standard InChI is InChI=1S/C16H25N3/c1-11-6-7-12-13(8-11)19-14(18-12)16(4,5)9-15(2,3)10-17/h6-8H,9-10,17H2,1-5H3,(H,18,19). The van der Waals surface area contributed by atoms with Gasteiger partial charge in [-0.15, -0.1) is 0 Å². The number of hydrogen-bond acceptors (Lipinski definition) is 2. The van der Waals surface area contributed by atoms with E-state index >= 15 is 0 Å². The van der Waals surface area contributed by atoms with Crippen LogP contribution >= 0.6 is 0 Å². The molecule has 0 spiro atoms. The van der Waals surface area contributed by atoms with Crippen LogP contribution in [-0.4, -0.2) is 16.5 Å². The SMILES string of the molecule is Cc1ccc2nc(C(C)(C)CC(C)(C)CN)[nH]c2c1. The second kappa shape index (κ2) is 4.64. The van der Waals surface area contributed by atoms with Gasteiger partial charge in [-0.2, -0.15) is 0 Å². The molecule has 3 N–H and O–H groups in total. The summed E-state index contributed by atoms with van der Waals surface area (Å²) in [6, 6.07) is 6.33. The highest BCUT2D eigenvalue weighted by atomic mass is 14.9. The van der Waals surface area contributed by atoms with E-state index in [4.69, 9.17) is 10.7 Å². The summed E-state index contributed by atoms with van der Waals surface area (Å²) in [5.74, 6) is 1.05. The van der Waals surface area contributed by atoms with Crippen molar-refractivity contribution in [3.05, 3.63) is 29.6 Å². The maximum atomic E-state index is 5.86. The molecule has 3 heteroatoms. The molecule has 0 aliphatic carbocycles. The van der Waals surface area contributed by atoms with Crippen molar-refractivity contribution in [3.63, 3.8) is 0 Å². The highest BCUT2D eigenvalue weighted by Gasteiger charge is 2.31. The van der Waals surface area contributed by atoms with Crippen molar-refractivity contribution < 1.29 is 0 Å². The van der Waals surface area contributed by atoms with Crippen LogP contribution in [0.3, 0.4) is 0 Å². The third-order valence-corrected chi connectivity index (χ3v) is 3.75.